The molecule has 0 amide bonds. The van der Waals surface area contributed by atoms with E-state index >= 15 is 0 Å². The standard InChI is InChI=1S/C30H26O13/c31-16-6-1-14(2-7-16)3-10-22(35)40-13-21-24(36)26(38)27(39)30(42-21)43-29-25(37)23-19(34)11-18(33)12-20(23)41-28(29)15-4-8-17(32)9-5-15/h1-12,21,24,26-27,30-34,36,38-39H,13H2/b10-3+/t21-,24-,26+,27-,30+/m1/s1. The fourth-order valence-electron chi connectivity index (χ4n) is 4.41. The third-order valence-electron chi connectivity index (χ3n) is 6.64. The van der Waals surface area contributed by atoms with E-state index in [1.165, 1.54) is 42.5 Å². The summed E-state index contributed by atoms with van der Waals surface area (Å²) < 4.78 is 22.2. The molecule has 0 unspecified atom stereocenters. The predicted octanol–water partition coefficient (Wildman–Crippen LogP) is 1.73. The van der Waals surface area contributed by atoms with Gasteiger partial charge in [0.1, 0.15) is 65.0 Å². The third-order valence-corrected chi connectivity index (χ3v) is 6.64. The van der Waals surface area contributed by atoms with Crippen LogP contribution in [-0.4, -0.2) is 79.0 Å². The van der Waals surface area contributed by atoms with Gasteiger partial charge in [0.15, 0.2) is 5.76 Å². The molecule has 3 aromatic carbocycles. The van der Waals surface area contributed by atoms with Crippen molar-refractivity contribution in [1.82, 2.24) is 0 Å². The number of carbonyl (C=O) groups excluding carboxylic acids is 1. The van der Waals surface area contributed by atoms with Crippen molar-refractivity contribution in [3.63, 3.8) is 0 Å². The quantitative estimate of drug-likeness (QED) is 0.120. The Morgan fingerprint density at radius 3 is 2.16 bits per heavy atom. The van der Waals surface area contributed by atoms with E-state index in [0.29, 0.717) is 5.56 Å². The molecule has 4 aromatic rings. The first-order valence-corrected chi connectivity index (χ1v) is 12.8. The molecule has 0 bridgehead atoms. The Bertz CT molecular complexity index is 1710. The number of hydrogen-bond acceptors (Lipinski definition) is 13. The second kappa shape index (κ2) is 12.0. The Morgan fingerprint density at radius 1 is 0.837 bits per heavy atom. The highest BCUT2D eigenvalue weighted by Crippen LogP contribution is 2.37. The van der Waals surface area contributed by atoms with E-state index in [9.17, 15) is 45.3 Å². The zero-order chi connectivity index (χ0) is 30.8. The van der Waals surface area contributed by atoms with Crippen LogP contribution in [0.15, 0.2) is 76.0 Å². The highest BCUT2D eigenvalue weighted by Gasteiger charge is 2.46. The SMILES string of the molecule is O=C(/C=C/c1ccc(O)cc1)OC[C@H]1O[C@@H](Oc2c(-c3ccc(O)cc3)oc3cc(O)cc(O)c3c2=O)[C@H](O)[C@@H](O)[C@@H]1O. The van der Waals surface area contributed by atoms with Crippen LogP contribution in [0.5, 0.6) is 28.7 Å². The molecular formula is C30H26O13. The summed E-state index contributed by atoms with van der Waals surface area (Å²) in [6.07, 6.45) is -6.17. The fraction of sp³-hybridized carbons (Fsp3) is 0.200. The number of hydrogen-bond donors (Lipinski definition) is 7. The van der Waals surface area contributed by atoms with Crippen LogP contribution in [0, 0.1) is 0 Å². The zero-order valence-electron chi connectivity index (χ0n) is 22.1. The first-order chi connectivity index (χ1) is 20.5. The molecule has 2 heterocycles. The maximum atomic E-state index is 13.5. The van der Waals surface area contributed by atoms with E-state index in [1.54, 1.807) is 12.1 Å². The van der Waals surface area contributed by atoms with Crippen molar-refractivity contribution in [2.24, 2.45) is 0 Å². The smallest absolute Gasteiger partial charge is 0.330 e. The largest absolute Gasteiger partial charge is 0.508 e. The first-order valence-electron chi connectivity index (χ1n) is 12.8. The minimum absolute atomic E-state index is 0.0495. The van der Waals surface area contributed by atoms with Gasteiger partial charge in [-0.1, -0.05) is 12.1 Å². The van der Waals surface area contributed by atoms with Crippen molar-refractivity contribution >= 4 is 23.0 Å². The van der Waals surface area contributed by atoms with Crippen molar-refractivity contribution < 1.29 is 59.2 Å². The molecule has 0 radical (unpaired) electrons. The number of ether oxygens (including phenoxy) is 3. The van der Waals surface area contributed by atoms with E-state index < -0.39 is 66.0 Å². The molecule has 1 aromatic heterocycles. The van der Waals surface area contributed by atoms with Crippen LogP contribution in [0.3, 0.4) is 0 Å². The van der Waals surface area contributed by atoms with Crippen molar-refractivity contribution in [1.29, 1.82) is 0 Å². The van der Waals surface area contributed by atoms with Gasteiger partial charge in [0.05, 0.1) is 0 Å². The molecule has 43 heavy (non-hydrogen) atoms. The first kappa shape index (κ1) is 29.4. The average molecular weight is 595 g/mol. The molecule has 13 nitrogen and oxygen atoms in total. The van der Waals surface area contributed by atoms with Gasteiger partial charge in [-0.25, -0.2) is 4.79 Å². The maximum Gasteiger partial charge on any atom is 0.330 e. The van der Waals surface area contributed by atoms with Gasteiger partial charge >= 0.3 is 5.97 Å². The summed E-state index contributed by atoms with van der Waals surface area (Å²) in [5, 5.41) is 70.6. The fourth-order valence-corrected chi connectivity index (χ4v) is 4.41. The normalized spacial score (nSPS) is 22.1. The number of fused-ring (bicyclic) bond motifs is 1. The third kappa shape index (κ3) is 6.24. The number of phenols is 4. The molecule has 1 aliphatic heterocycles. The van der Waals surface area contributed by atoms with Crippen LogP contribution < -0.4 is 10.2 Å². The number of aromatic hydroxyl groups is 4. The van der Waals surface area contributed by atoms with Crippen molar-refractivity contribution in [3.05, 3.63) is 82.5 Å². The molecule has 0 spiro atoms. The topological polar surface area (TPSA) is 217 Å². The number of phenolic OH excluding ortho intramolecular Hbond substituents is 4. The maximum absolute atomic E-state index is 13.5. The van der Waals surface area contributed by atoms with Gasteiger partial charge in [-0.15, -0.1) is 0 Å². The molecule has 1 aliphatic rings. The molecule has 5 atom stereocenters. The van der Waals surface area contributed by atoms with Crippen LogP contribution in [0.1, 0.15) is 5.56 Å². The van der Waals surface area contributed by atoms with Crippen LogP contribution >= 0.6 is 0 Å². The minimum Gasteiger partial charge on any atom is -0.508 e. The van der Waals surface area contributed by atoms with E-state index in [2.05, 4.69) is 0 Å². The summed E-state index contributed by atoms with van der Waals surface area (Å²) in [7, 11) is 0. The van der Waals surface area contributed by atoms with Gasteiger partial charge in [-0.05, 0) is 48.0 Å². The lowest BCUT2D eigenvalue weighted by Crippen LogP contribution is -2.60. The van der Waals surface area contributed by atoms with Crippen LogP contribution in [0.25, 0.3) is 28.4 Å². The number of aliphatic hydroxyl groups excluding tert-OH is 3. The molecule has 13 heteroatoms. The molecule has 224 valence electrons. The lowest BCUT2D eigenvalue weighted by atomic mass is 9.99. The Morgan fingerprint density at radius 2 is 1.49 bits per heavy atom. The van der Waals surface area contributed by atoms with E-state index in [1.807, 2.05) is 0 Å². The summed E-state index contributed by atoms with van der Waals surface area (Å²) >= 11 is 0. The van der Waals surface area contributed by atoms with Crippen LogP contribution in [0.4, 0.5) is 0 Å². The lowest BCUT2D eigenvalue weighted by Gasteiger charge is -2.39. The van der Waals surface area contributed by atoms with E-state index in [0.717, 1.165) is 18.2 Å². The summed E-state index contributed by atoms with van der Waals surface area (Å²) in [6, 6.07) is 13.4. The second-order valence-electron chi connectivity index (χ2n) is 9.66. The van der Waals surface area contributed by atoms with E-state index in [-0.39, 0.29) is 33.8 Å². The van der Waals surface area contributed by atoms with Gasteiger partial charge in [0.2, 0.25) is 17.5 Å². The van der Waals surface area contributed by atoms with Crippen molar-refractivity contribution in [3.8, 4) is 40.1 Å². The highest BCUT2D eigenvalue weighted by molar-refractivity contribution is 5.88. The Labute approximate surface area is 242 Å². The van der Waals surface area contributed by atoms with Crippen LogP contribution in [-0.2, 0) is 14.3 Å². The molecule has 0 saturated carbocycles. The van der Waals surface area contributed by atoms with Gasteiger partial charge in [0, 0.05) is 23.8 Å². The molecule has 0 aliphatic carbocycles. The molecule has 5 rings (SSSR count). The van der Waals surface area contributed by atoms with E-state index in [4.69, 9.17) is 18.6 Å². The van der Waals surface area contributed by atoms with Gasteiger partial charge in [0.25, 0.3) is 0 Å². The molecular weight excluding hydrogens is 568 g/mol. The zero-order valence-corrected chi connectivity index (χ0v) is 22.1. The number of aliphatic hydroxyl groups is 3. The number of rotatable bonds is 7. The number of carbonyl (C=O) groups is 1. The molecule has 1 saturated heterocycles. The van der Waals surface area contributed by atoms with Gasteiger partial charge < -0.3 is 54.4 Å². The number of esters is 1. The summed E-state index contributed by atoms with van der Waals surface area (Å²) in [6.45, 7) is -0.583. The van der Waals surface area contributed by atoms with Gasteiger partial charge in [-0.2, -0.15) is 0 Å². The highest BCUT2D eigenvalue weighted by atomic mass is 16.7. The second-order valence-corrected chi connectivity index (χ2v) is 9.66. The van der Waals surface area contributed by atoms with Crippen LogP contribution in [0.2, 0.25) is 0 Å². The van der Waals surface area contributed by atoms with Crippen molar-refractivity contribution in [2.75, 3.05) is 6.61 Å². The Balaban J connectivity index is 1.42. The van der Waals surface area contributed by atoms with Crippen molar-refractivity contribution in [2.45, 2.75) is 30.7 Å². The summed E-state index contributed by atoms with van der Waals surface area (Å²) in [4.78, 5) is 25.8. The Hall–Kier alpha value is -5.08. The predicted molar refractivity (Wildman–Crippen MR) is 148 cm³/mol. The molecule has 7 N–H and O–H groups in total. The van der Waals surface area contributed by atoms with Gasteiger partial charge in [-0.3, -0.25) is 4.79 Å². The minimum atomic E-state index is -1.90. The molecule has 1 fully saturated rings. The average Bonchev–Trinajstić information content (AvgIpc) is 2.97. The summed E-state index contributed by atoms with van der Waals surface area (Å²) in [5.41, 5.74) is -0.328. The lowest BCUT2D eigenvalue weighted by molar-refractivity contribution is -0.278. The Kier molecular flexibility index (Phi) is 8.23. The number of benzene rings is 3. The monoisotopic (exact) mass is 594 g/mol. The summed E-state index contributed by atoms with van der Waals surface area (Å²) in [5.74, 6) is -2.70.